The molecule has 2 N–H and O–H groups in total. The Kier molecular flexibility index (Phi) is 6.21. The molecule has 0 spiro atoms. The lowest BCUT2D eigenvalue weighted by molar-refractivity contribution is 0.116. The van der Waals surface area contributed by atoms with Gasteiger partial charge in [-0.15, -0.1) is 0 Å². The van der Waals surface area contributed by atoms with Crippen LogP contribution in [-0.4, -0.2) is 54.6 Å². The van der Waals surface area contributed by atoms with Crippen LogP contribution < -0.4 is 21.5 Å². The van der Waals surface area contributed by atoms with Crippen LogP contribution in [0.15, 0.2) is 64.4 Å². The standard InChI is InChI=1S/C23H27N5O2/c1-27-11-13-28(14-12-27)19(18-5-3-2-4-6-18)16-26-21-20(22(29)23(21)30)25-15-17-7-9-24-10-8-17/h2-10,19,25-26H,11-16H2,1H3/t19-/m1/s1. The van der Waals surface area contributed by atoms with Crippen LogP contribution in [0, 0.1) is 0 Å². The Morgan fingerprint density at radius 2 is 1.53 bits per heavy atom. The van der Waals surface area contributed by atoms with Gasteiger partial charge in [0.1, 0.15) is 11.4 Å². The number of hydrogen-bond acceptors (Lipinski definition) is 7. The first-order chi connectivity index (χ1) is 14.6. The van der Waals surface area contributed by atoms with E-state index in [-0.39, 0.29) is 6.04 Å². The molecule has 7 heteroatoms. The van der Waals surface area contributed by atoms with Gasteiger partial charge in [0, 0.05) is 51.7 Å². The highest BCUT2D eigenvalue weighted by molar-refractivity contribution is 5.74. The van der Waals surface area contributed by atoms with Crippen LogP contribution in [0.1, 0.15) is 17.2 Å². The molecule has 1 aliphatic heterocycles. The molecule has 0 unspecified atom stereocenters. The van der Waals surface area contributed by atoms with E-state index < -0.39 is 10.9 Å². The summed E-state index contributed by atoms with van der Waals surface area (Å²) in [5, 5.41) is 6.39. The zero-order valence-electron chi connectivity index (χ0n) is 17.2. The molecule has 1 fully saturated rings. The lowest BCUT2D eigenvalue weighted by atomic mass is 10.0. The molecule has 0 aliphatic carbocycles. The van der Waals surface area contributed by atoms with Crippen LogP contribution in [0.3, 0.4) is 0 Å². The van der Waals surface area contributed by atoms with Crippen molar-refractivity contribution in [1.82, 2.24) is 14.8 Å². The van der Waals surface area contributed by atoms with Crippen molar-refractivity contribution in [3.8, 4) is 0 Å². The van der Waals surface area contributed by atoms with Crippen LogP contribution in [-0.2, 0) is 6.54 Å². The SMILES string of the molecule is CN1CCN([C@H](CNc2c(NCc3ccncc3)c(=O)c2=O)c2ccccc2)CC1. The summed E-state index contributed by atoms with van der Waals surface area (Å²) in [4.78, 5) is 33.1. The van der Waals surface area contributed by atoms with Gasteiger partial charge >= 0.3 is 0 Å². The number of nitrogens with zero attached hydrogens (tertiary/aromatic N) is 3. The molecule has 1 aromatic heterocycles. The molecular formula is C23H27N5O2. The largest absolute Gasteiger partial charge is 0.378 e. The topological polar surface area (TPSA) is 77.6 Å². The molecule has 0 bridgehead atoms. The number of pyridine rings is 1. The van der Waals surface area contributed by atoms with Gasteiger partial charge < -0.3 is 15.5 Å². The molecule has 3 aromatic rings. The third-order valence-electron chi connectivity index (χ3n) is 5.76. The molecular weight excluding hydrogens is 378 g/mol. The highest BCUT2D eigenvalue weighted by Crippen LogP contribution is 2.24. The molecule has 0 amide bonds. The summed E-state index contributed by atoms with van der Waals surface area (Å²) >= 11 is 0. The average molecular weight is 406 g/mol. The van der Waals surface area contributed by atoms with Crippen LogP contribution in [0.25, 0.3) is 0 Å². The number of likely N-dealkylation sites (N-methyl/N-ethyl adjacent to an activating group) is 1. The summed E-state index contributed by atoms with van der Waals surface area (Å²) in [5.41, 5.74) is 2.08. The average Bonchev–Trinajstić information content (AvgIpc) is 2.80. The molecule has 7 nitrogen and oxygen atoms in total. The third kappa shape index (κ3) is 4.42. The predicted octanol–water partition coefficient (Wildman–Crippen LogP) is 1.69. The summed E-state index contributed by atoms with van der Waals surface area (Å²) in [6.07, 6.45) is 3.41. The first-order valence-corrected chi connectivity index (χ1v) is 10.3. The van der Waals surface area contributed by atoms with E-state index in [1.165, 1.54) is 5.56 Å². The molecule has 0 saturated carbocycles. The summed E-state index contributed by atoms with van der Waals surface area (Å²) in [5.74, 6) is 0. The fourth-order valence-corrected chi connectivity index (χ4v) is 3.89. The number of rotatable bonds is 8. The minimum absolute atomic E-state index is 0.136. The Labute approximate surface area is 176 Å². The molecule has 2 heterocycles. The van der Waals surface area contributed by atoms with Gasteiger partial charge in [0.25, 0.3) is 10.9 Å². The Hall–Kier alpha value is -3.03. The van der Waals surface area contributed by atoms with Gasteiger partial charge in [0.15, 0.2) is 0 Å². The maximum absolute atomic E-state index is 12.2. The first kappa shape index (κ1) is 20.3. The first-order valence-electron chi connectivity index (χ1n) is 10.3. The van der Waals surface area contributed by atoms with Crippen molar-refractivity contribution in [2.24, 2.45) is 0 Å². The van der Waals surface area contributed by atoms with Crippen molar-refractivity contribution in [2.45, 2.75) is 12.6 Å². The van der Waals surface area contributed by atoms with E-state index in [2.05, 4.69) is 44.6 Å². The fourth-order valence-electron chi connectivity index (χ4n) is 3.89. The Balaban J connectivity index is 1.47. The molecule has 1 aliphatic rings. The van der Waals surface area contributed by atoms with Gasteiger partial charge in [-0.1, -0.05) is 30.3 Å². The van der Waals surface area contributed by atoms with Gasteiger partial charge in [-0.25, -0.2) is 0 Å². The quantitative estimate of drug-likeness (QED) is 0.552. The molecule has 1 saturated heterocycles. The number of nitrogens with one attached hydrogen (secondary N) is 2. The number of anilines is 2. The van der Waals surface area contributed by atoms with Crippen LogP contribution in [0.2, 0.25) is 0 Å². The second kappa shape index (κ2) is 9.19. The molecule has 156 valence electrons. The van der Waals surface area contributed by atoms with Gasteiger partial charge in [0.2, 0.25) is 0 Å². The molecule has 4 rings (SSSR count). The van der Waals surface area contributed by atoms with Crippen molar-refractivity contribution in [3.63, 3.8) is 0 Å². The van der Waals surface area contributed by atoms with Crippen molar-refractivity contribution < 1.29 is 0 Å². The van der Waals surface area contributed by atoms with E-state index in [0.717, 1.165) is 31.7 Å². The smallest absolute Gasteiger partial charge is 0.253 e. The van der Waals surface area contributed by atoms with Crippen molar-refractivity contribution in [2.75, 3.05) is 50.4 Å². The second-order valence-corrected chi connectivity index (χ2v) is 7.76. The summed E-state index contributed by atoms with van der Waals surface area (Å²) in [6.45, 7) is 5.02. The lowest BCUT2D eigenvalue weighted by Crippen LogP contribution is -2.48. The van der Waals surface area contributed by atoms with E-state index in [9.17, 15) is 9.59 Å². The number of piperazine rings is 1. The van der Waals surface area contributed by atoms with Crippen molar-refractivity contribution in [1.29, 1.82) is 0 Å². The van der Waals surface area contributed by atoms with Crippen LogP contribution >= 0.6 is 0 Å². The number of hydrogen-bond donors (Lipinski definition) is 2. The maximum Gasteiger partial charge on any atom is 0.253 e. The molecule has 1 atom stereocenters. The zero-order valence-corrected chi connectivity index (χ0v) is 17.2. The molecule has 30 heavy (non-hydrogen) atoms. The maximum atomic E-state index is 12.2. The van der Waals surface area contributed by atoms with E-state index in [0.29, 0.717) is 24.5 Å². The van der Waals surface area contributed by atoms with Crippen LogP contribution in [0.4, 0.5) is 11.4 Å². The second-order valence-electron chi connectivity index (χ2n) is 7.76. The van der Waals surface area contributed by atoms with Crippen LogP contribution in [0.5, 0.6) is 0 Å². The molecule has 0 radical (unpaired) electrons. The molecule has 2 aromatic carbocycles. The van der Waals surface area contributed by atoms with E-state index in [1.54, 1.807) is 12.4 Å². The van der Waals surface area contributed by atoms with Crippen molar-refractivity contribution >= 4 is 11.4 Å². The monoisotopic (exact) mass is 405 g/mol. The third-order valence-corrected chi connectivity index (χ3v) is 5.76. The zero-order chi connectivity index (χ0) is 20.9. The summed E-state index contributed by atoms with van der Waals surface area (Å²) in [6, 6.07) is 14.2. The van der Waals surface area contributed by atoms with Gasteiger partial charge in [-0.2, -0.15) is 0 Å². The Morgan fingerprint density at radius 1 is 0.900 bits per heavy atom. The van der Waals surface area contributed by atoms with Gasteiger partial charge in [-0.05, 0) is 30.3 Å². The fraction of sp³-hybridized carbons (Fsp3) is 0.348. The van der Waals surface area contributed by atoms with Gasteiger partial charge in [0.05, 0.1) is 6.04 Å². The highest BCUT2D eigenvalue weighted by atomic mass is 16.2. The van der Waals surface area contributed by atoms with Crippen molar-refractivity contribution in [3.05, 3.63) is 86.4 Å². The highest BCUT2D eigenvalue weighted by Gasteiger charge is 2.26. The normalized spacial score (nSPS) is 16.4. The lowest BCUT2D eigenvalue weighted by Gasteiger charge is -2.38. The summed E-state index contributed by atoms with van der Waals surface area (Å²) < 4.78 is 0. The Bertz CT molecular complexity index is 1020. The minimum Gasteiger partial charge on any atom is -0.378 e. The van der Waals surface area contributed by atoms with E-state index >= 15 is 0 Å². The van der Waals surface area contributed by atoms with E-state index in [4.69, 9.17) is 0 Å². The number of benzene rings is 1. The summed E-state index contributed by atoms with van der Waals surface area (Å²) in [7, 11) is 2.14. The van der Waals surface area contributed by atoms with Gasteiger partial charge in [-0.3, -0.25) is 19.5 Å². The Morgan fingerprint density at radius 3 is 2.20 bits per heavy atom. The van der Waals surface area contributed by atoms with E-state index in [1.807, 2.05) is 30.3 Å². The predicted molar refractivity (Wildman–Crippen MR) is 120 cm³/mol. The number of aromatic nitrogens is 1. The minimum atomic E-state index is -0.456.